The summed E-state index contributed by atoms with van der Waals surface area (Å²) < 4.78 is 12.5. The predicted octanol–water partition coefficient (Wildman–Crippen LogP) is 5.85. The number of hydrogen-bond donors (Lipinski definition) is 1. The van der Waals surface area contributed by atoms with Crippen molar-refractivity contribution in [2.75, 3.05) is 18.5 Å². The van der Waals surface area contributed by atoms with Gasteiger partial charge < -0.3 is 14.8 Å². The number of imide groups is 1. The molecule has 1 fully saturated rings. The Balaban J connectivity index is 1.46. The molecule has 3 aromatic carbocycles. The van der Waals surface area contributed by atoms with Crippen molar-refractivity contribution in [3.63, 3.8) is 0 Å². The van der Waals surface area contributed by atoms with Crippen molar-refractivity contribution in [1.29, 1.82) is 0 Å². The average molecular weight is 659 g/mol. The Hall–Kier alpha value is -3.91. The number of para-hydroxylation sites is 1. The number of benzene rings is 3. The molecule has 1 aliphatic rings. The van der Waals surface area contributed by atoms with Crippen LogP contribution in [0.15, 0.2) is 71.6 Å². The quantitative estimate of drug-likeness (QED) is 0.124. The lowest BCUT2D eigenvalue weighted by Crippen LogP contribution is -2.36. The number of amides is 3. The summed E-state index contributed by atoms with van der Waals surface area (Å²) in [7, 11) is 0. The molecule has 39 heavy (non-hydrogen) atoms. The molecule has 12 heteroatoms. The van der Waals surface area contributed by atoms with E-state index in [9.17, 15) is 24.5 Å². The number of halogens is 1. The number of ether oxygens (including phenoxy) is 2. The van der Waals surface area contributed by atoms with E-state index in [4.69, 9.17) is 9.47 Å². The lowest BCUT2D eigenvalue weighted by atomic mass is 10.1. The number of nitrogens with zero attached hydrogens (tertiary/aromatic N) is 2. The number of carbonyl (C=O) groups is 3. The minimum Gasteiger partial charge on any atom is -0.490 e. The van der Waals surface area contributed by atoms with Crippen molar-refractivity contribution in [3.05, 3.63) is 96.4 Å². The third-order valence-corrected chi connectivity index (χ3v) is 7.07. The number of nitro groups is 1. The van der Waals surface area contributed by atoms with Crippen LogP contribution >= 0.6 is 34.4 Å². The minimum absolute atomic E-state index is 0.0419. The molecule has 0 aliphatic carbocycles. The highest BCUT2D eigenvalue weighted by molar-refractivity contribution is 14.1. The zero-order valence-electron chi connectivity index (χ0n) is 20.6. The molecule has 0 aromatic heterocycles. The van der Waals surface area contributed by atoms with E-state index in [2.05, 4.69) is 27.9 Å². The van der Waals surface area contributed by atoms with Gasteiger partial charge in [0.25, 0.3) is 16.8 Å². The monoisotopic (exact) mass is 659 g/mol. The second kappa shape index (κ2) is 12.8. The summed E-state index contributed by atoms with van der Waals surface area (Å²) in [4.78, 5) is 49.7. The number of hydrogen-bond acceptors (Lipinski definition) is 8. The van der Waals surface area contributed by atoms with Crippen LogP contribution in [0.2, 0.25) is 0 Å². The lowest BCUT2D eigenvalue weighted by molar-refractivity contribution is -0.385. The van der Waals surface area contributed by atoms with Crippen LogP contribution in [0.4, 0.5) is 16.2 Å². The molecule has 0 saturated carbocycles. The maximum Gasteiger partial charge on any atom is 0.294 e. The van der Waals surface area contributed by atoms with Gasteiger partial charge in [0.2, 0.25) is 5.91 Å². The molecular weight excluding hydrogens is 637 g/mol. The van der Waals surface area contributed by atoms with Gasteiger partial charge in [-0.05, 0) is 95.4 Å². The number of carbonyl (C=O) groups excluding carboxylic acids is 3. The smallest absolute Gasteiger partial charge is 0.294 e. The summed E-state index contributed by atoms with van der Waals surface area (Å²) >= 11 is 2.89. The number of nitro benzene ring substituents is 1. The molecule has 0 spiro atoms. The van der Waals surface area contributed by atoms with Gasteiger partial charge in [-0.1, -0.05) is 18.2 Å². The zero-order valence-corrected chi connectivity index (χ0v) is 23.6. The normalized spacial score (nSPS) is 14.0. The van der Waals surface area contributed by atoms with E-state index in [0.717, 1.165) is 20.2 Å². The SMILES string of the molecule is CCOc1cc(/C=C2\SC(=O)N(CC(=O)Nc3ccc(I)cc3)C2=O)ccc1OCc1ccccc1[N+](=O)[O-]. The summed E-state index contributed by atoms with van der Waals surface area (Å²) in [5.74, 6) is -0.315. The third-order valence-electron chi connectivity index (χ3n) is 5.44. The first kappa shape index (κ1) is 28.1. The van der Waals surface area contributed by atoms with Crippen molar-refractivity contribution in [2.24, 2.45) is 0 Å². The van der Waals surface area contributed by atoms with Crippen LogP contribution in [0.1, 0.15) is 18.1 Å². The average Bonchev–Trinajstić information content (AvgIpc) is 3.17. The van der Waals surface area contributed by atoms with E-state index < -0.39 is 28.5 Å². The first-order valence-corrected chi connectivity index (χ1v) is 13.6. The molecule has 1 saturated heterocycles. The number of rotatable bonds is 10. The summed E-state index contributed by atoms with van der Waals surface area (Å²) in [6, 6.07) is 18.4. The van der Waals surface area contributed by atoms with Crippen molar-refractivity contribution in [3.8, 4) is 11.5 Å². The van der Waals surface area contributed by atoms with E-state index in [1.807, 2.05) is 12.1 Å². The maximum atomic E-state index is 12.9. The van der Waals surface area contributed by atoms with Crippen LogP contribution in [0.25, 0.3) is 6.08 Å². The molecule has 10 nitrogen and oxygen atoms in total. The molecule has 1 heterocycles. The Morgan fingerprint density at radius 3 is 2.54 bits per heavy atom. The molecule has 1 N–H and O–H groups in total. The molecule has 0 unspecified atom stereocenters. The predicted molar refractivity (Wildman–Crippen MR) is 156 cm³/mol. The topological polar surface area (TPSA) is 128 Å². The number of thioether (sulfide) groups is 1. The second-order valence-corrected chi connectivity index (χ2v) is 10.4. The van der Waals surface area contributed by atoms with Crippen LogP contribution < -0.4 is 14.8 Å². The fraction of sp³-hybridized carbons (Fsp3) is 0.148. The Morgan fingerprint density at radius 2 is 1.82 bits per heavy atom. The van der Waals surface area contributed by atoms with E-state index in [0.29, 0.717) is 34.9 Å². The van der Waals surface area contributed by atoms with Gasteiger partial charge in [0.15, 0.2) is 11.5 Å². The molecule has 3 aromatic rings. The van der Waals surface area contributed by atoms with Crippen LogP contribution in [0.5, 0.6) is 11.5 Å². The lowest BCUT2D eigenvalue weighted by Gasteiger charge is -2.13. The molecular formula is C27H22IN3O7S. The summed E-state index contributed by atoms with van der Waals surface area (Å²) in [5, 5.41) is 13.4. The van der Waals surface area contributed by atoms with Crippen LogP contribution in [0, 0.1) is 13.7 Å². The van der Waals surface area contributed by atoms with Gasteiger partial charge in [-0.25, -0.2) is 0 Å². The highest BCUT2D eigenvalue weighted by Crippen LogP contribution is 2.35. The van der Waals surface area contributed by atoms with Crippen molar-refractivity contribution in [1.82, 2.24) is 4.90 Å². The summed E-state index contributed by atoms with van der Waals surface area (Å²) in [6.07, 6.45) is 1.54. The number of anilines is 1. The molecule has 3 amide bonds. The Bertz CT molecular complexity index is 1460. The molecule has 1 aliphatic heterocycles. The van der Waals surface area contributed by atoms with Crippen LogP contribution in [-0.2, 0) is 16.2 Å². The van der Waals surface area contributed by atoms with E-state index in [1.54, 1.807) is 55.5 Å². The zero-order chi connectivity index (χ0) is 27.9. The van der Waals surface area contributed by atoms with Crippen LogP contribution in [-0.4, -0.2) is 40.0 Å². The number of nitrogens with one attached hydrogen (secondary N) is 1. The standard InChI is InChI=1S/C27H22IN3O7S/c1-2-37-23-13-17(7-12-22(23)38-16-18-5-3-4-6-21(18)31(35)36)14-24-26(33)30(27(34)39-24)15-25(32)29-20-10-8-19(28)9-11-20/h3-14H,2,15-16H2,1H3,(H,29,32)/b24-14-. The van der Waals surface area contributed by atoms with E-state index in [-0.39, 0.29) is 17.2 Å². The van der Waals surface area contributed by atoms with Gasteiger partial charge in [-0.2, -0.15) is 0 Å². The first-order chi connectivity index (χ1) is 18.7. The molecule has 4 rings (SSSR count). The highest BCUT2D eigenvalue weighted by atomic mass is 127. The largest absolute Gasteiger partial charge is 0.490 e. The summed E-state index contributed by atoms with van der Waals surface area (Å²) in [5.41, 5.74) is 1.50. The Kier molecular flexibility index (Phi) is 9.19. The van der Waals surface area contributed by atoms with Crippen molar-refractivity contribution < 1.29 is 28.8 Å². The van der Waals surface area contributed by atoms with Gasteiger partial charge in [0, 0.05) is 15.3 Å². The van der Waals surface area contributed by atoms with E-state index >= 15 is 0 Å². The first-order valence-electron chi connectivity index (χ1n) is 11.7. The van der Waals surface area contributed by atoms with Crippen LogP contribution in [0.3, 0.4) is 0 Å². The summed E-state index contributed by atoms with van der Waals surface area (Å²) in [6.45, 7) is 1.68. The molecule has 0 atom stereocenters. The second-order valence-electron chi connectivity index (χ2n) is 8.14. The van der Waals surface area contributed by atoms with Gasteiger partial charge in [0.1, 0.15) is 13.2 Å². The highest BCUT2D eigenvalue weighted by Gasteiger charge is 2.36. The third kappa shape index (κ3) is 7.15. The molecule has 0 radical (unpaired) electrons. The fourth-order valence-electron chi connectivity index (χ4n) is 3.63. The van der Waals surface area contributed by atoms with Gasteiger partial charge in [0.05, 0.1) is 22.0 Å². The molecule has 200 valence electrons. The van der Waals surface area contributed by atoms with Crippen molar-refractivity contribution >= 4 is 68.9 Å². The van der Waals surface area contributed by atoms with E-state index in [1.165, 1.54) is 12.1 Å². The van der Waals surface area contributed by atoms with Gasteiger partial charge in [-0.15, -0.1) is 0 Å². The van der Waals surface area contributed by atoms with Gasteiger partial charge in [-0.3, -0.25) is 29.4 Å². The molecule has 0 bridgehead atoms. The van der Waals surface area contributed by atoms with Crippen molar-refractivity contribution in [2.45, 2.75) is 13.5 Å². The van der Waals surface area contributed by atoms with Gasteiger partial charge >= 0.3 is 0 Å². The Labute approximate surface area is 241 Å². The maximum absolute atomic E-state index is 12.9. The fourth-order valence-corrected chi connectivity index (χ4v) is 4.83. The minimum atomic E-state index is -0.572. The Morgan fingerprint density at radius 1 is 1.08 bits per heavy atom.